The van der Waals surface area contributed by atoms with Crippen LogP contribution in [-0.4, -0.2) is 57.3 Å². The molecule has 1 aromatic rings. The SMILES string of the molecule is COc1ccc(/C=C\C(=O)NCCCN2CCOCC2)cc1N. The van der Waals surface area contributed by atoms with Gasteiger partial charge in [0.15, 0.2) is 0 Å². The lowest BCUT2D eigenvalue weighted by Crippen LogP contribution is -2.38. The second-order valence-electron chi connectivity index (χ2n) is 5.43. The number of morpholine rings is 1. The summed E-state index contributed by atoms with van der Waals surface area (Å²) in [5.41, 5.74) is 7.26. The highest BCUT2D eigenvalue weighted by atomic mass is 16.5. The van der Waals surface area contributed by atoms with Gasteiger partial charge in [0, 0.05) is 25.7 Å². The minimum atomic E-state index is -0.0960. The highest BCUT2D eigenvalue weighted by molar-refractivity contribution is 5.91. The zero-order valence-electron chi connectivity index (χ0n) is 13.6. The Labute approximate surface area is 137 Å². The molecule has 1 aromatic carbocycles. The van der Waals surface area contributed by atoms with Crippen LogP contribution in [0, 0.1) is 0 Å². The zero-order chi connectivity index (χ0) is 16.5. The molecule has 1 saturated heterocycles. The summed E-state index contributed by atoms with van der Waals surface area (Å²) < 4.78 is 10.4. The number of rotatable bonds is 7. The molecule has 0 aromatic heterocycles. The number of hydrogen-bond acceptors (Lipinski definition) is 5. The van der Waals surface area contributed by atoms with Crippen LogP contribution in [0.3, 0.4) is 0 Å². The van der Waals surface area contributed by atoms with Crippen LogP contribution in [0.25, 0.3) is 6.08 Å². The summed E-state index contributed by atoms with van der Waals surface area (Å²) in [6, 6.07) is 5.42. The number of amides is 1. The van der Waals surface area contributed by atoms with E-state index in [0.717, 1.165) is 44.8 Å². The van der Waals surface area contributed by atoms with E-state index >= 15 is 0 Å². The molecule has 6 nitrogen and oxygen atoms in total. The van der Waals surface area contributed by atoms with Crippen LogP contribution >= 0.6 is 0 Å². The van der Waals surface area contributed by atoms with Gasteiger partial charge in [-0.25, -0.2) is 0 Å². The van der Waals surface area contributed by atoms with E-state index < -0.39 is 0 Å². The maximum absolute atomic E-state index is 11.8. The van der Waals surface area contributed by atoms with Gasteiger partial charge in [-0.05, 0) is 36.7 Å². The summed E-state index contributed by atoms with van der Waals surface area (Å²) in [6.45, 7) is 5.23. The molecule has 0 saturated carbocycles. The lowest BCUT2D eigenvalue weighted by atomic mass is 10.1. The molecule has 0 spiro atoms. The Balaban J connectivity index is 1.68. The Bertz CT molecular complexity index is 540. The van der Waals surface area contributed by atoms with Crippen LogP contribution in [0.1, 0.15) is 12.0 Å². The van der Waals surface area contributed by atoms with E-state index in [1.165, 1.54) is 6.08 Å². The van der Waals surface area contributed by atoms with Crippen LogP contribution in [0.15, 0.2) is 24.3 Å². The minimum Gasteiger partial charge on any atom is -0.495 e. The molecule has 1 fully saturated rings. The summed E-state index contributed by atoms with van der Waals surface area (Å²) in [6.07, 6.45) is 4.21. The highest BCUT2D eigenvalue weighted by Gasteiger charge is 2.09. The van der Waals surface area contributed by atoms with E-state index in [-0.39, 0.29) is 5.91 Å². The van der Waals surface area contributed by atoms with E-state index in [1.807, 2.05) is 6.07 Å². The molecule has 3 N–H and O–H groups in total. The summed E-state index contributed by atoms with van der Waals surface area (Å²) in [7, 11) is 1.57. The fourth-order valence-electron chi connectivity index (χ4n) is 2.43. The van der Waals surface area contributed by atoms with Crippen molar-refractivity contribution in [1.29, 1.82) is 0 Å². The summed E-state index contributed by atoms with van der Waals surface area (Å²) in [5, 5.41) is 2.89. The first kappa shape index (κ1) is 17.3. The van der Waals surface area contributed by atoms with Gasteiger partial charge in [-0.1, -0.05) is 6.07 Å². The summed E-state index contributed by atoms with van der Waals surface area (Å²) in [5.74, 6) is 0.538. The number of methoxy groups -OCH3 is 1. The normalized spacial score (nSPS) is 15.7. The zero-order valence-corrected chi connectivity index (χ0v) is 13.6. The summed E-state index contributed by atoms with van der Waals surface area (Å²) in [4.78, 5) is 14.1. The van der Waals surface area contributed by atoms with Crippen molar-refractivity contribution in [2.45, 2.75) is 6.42 Å². The van der Waals surface area contributed by atoms with E-state index in [9.17, 15) is 4.79 Å². The Morgan fingerprint density at radius 3 is 2.91 bits per heavy atom. The first-order valence-corrected chi connectivity index (χ1v) is 7.88. The van der Waals surface area contributed by atoms with E-state index in [0.29, 0.717) is 18.0 Å². The Morgan fingerprint density at radius 1 is 1.43 bits per heavy atom. The molecule has 0 radical (unpaired) electrons. The quantitative estimate of drug-likeness (QED) is 0.447. The number of ether oxygens (including phenoxy) is 2. The largest absolute Gasteiger partial charge is 0.495 e. The third-order valence-electron chi connectivity index (χ3n) is 3.73. The van der Waals surface area contributed by atoms with Gasteiger partial charge in [0.1, 0.15) is 5.75 Å². The number of benzene rings is 1. The highest BCUT2D eigenvalue weighted by Crippen LogP contribution is 2.22. The van der Waals surface area contributed by atoms with Gasteiger partial charge in [-0.3, -0.25) is 9.69 Å². The van der Waals surface area contributed by atoms with Crippen LogP contribution in [0.2, 0.25) is 0 Å². The number of nitrogens with zero attached hydrogens (tertiary/aromatic N) is 1. The van der Waals surface area contributed by atoms with Gasteiger partial charge in [-0.15, -0.1) is 0 Å². The van der Waals surface area contributed by atoms with E-state index in [4.69, 9.17) is 15.2 Å². The van der Waals surface area contributed by atoms with Gasteiger partial charge in [0.05, 0.1) is 26.0 Å². The van der Waals surface area contributed by atoms with Crippen molar-refractivity contribution in [3.05, 3.63) is 29.8 Å². The fraction of sp³-hybridized carbons (Fsp3) is 0.471. The van der Waals surface area contributed by atoms with Crippen molar-refractivity contribution in [2.24, 2.45) is 0 Å². The first-order chi connectivity index (χ1) is 11.2. The van der Waals surface area contributed by atoms with Crippen LogP contribution in [0.4, 0.5) is 5.69 Å². The monoisotopic (exact) mass is 319 g/mol. The number of carbonyl (C=O) groups is 1. The average Bonchev–Trinajstić information content (AvgIpc) is 2.58. The molecule has 1 amide bonds. The molecule has 0 aliphatic carbocycles. The van der Waals surface area contributed by atoms with Gasteiger partial charge in [0.25, 0.3) is 0 Å². The van der Waals surface area contributed by atoms with Gasteiger partial charge in [0.2, 0.25) is 5.91 Å². The molecule has 1 aliphatic heterocycles. The smallest absolute Gasteiger partial charge is 0.243 e. The van der Waals surface area contributed by atoms with Crippen LogP contribution in [-0.2, 0) is 9.53 Å². The molecule has 0 unspecified atom stereocenters. The van der Waals surface area contributed by atoms with Gasteiger partial charge < -0.3 is 20.5 Å². The lowest BCUT2D eigenvalue weighted by molar-refractivity contribution is -0.116. The number of nitrogen functional groups attached to an aromatic ring is 1. The Kier molecular flexibility index (Phi) is 6.90. The molecule has 1 heterocycles. The van der Waals surface area contributed by atoms with Crippen molar-refractivity contribution < 1.29 is 14.3 Å². The van der Waals surface area contributed by atoms with Crippen LogP contribution in [0.5, 0.6) is 5.75 Å². The Morgan fingerprint density at radius 2 is 2.22 bits per heavy atom. The number of anilines is 1. The molecule has 6 heteroatoms. The molecular formula is C17H25N3O3. The Hall–Kier alpha value is -2.05. The number of hydrogen-bond donors (Lipinski definition) is 2. The second kappa shape index (κ2) is 9.17. The third-order valence-corrected chi connectivity index (χ3v) is 3.73. The molecule has 23 heavy (non-hydrogen) atoms. The molecule has 0 atom stereocenters. The first-order valence-electron chi connectivity index (χ1n) is 7.88. The fourth-order valence-corrected chi connectivity index (χ4v) is 2.43. The van der Waals surface area contributed by atoms with Gasteiger partial charge >= 0.3 is 0 Å². The molecule has 126 valence electrons. The topological polar surface area (TPSA) is 76.8 Å². The predicted molar refractivity (Wildman–Crippen MR) is 91.3 cm³/mol. The second-order valence-corrected chi connectivity index (χ2v) is 5.43. The average molecular weight is 319 g/mol. The van der Waals surface area contributed by atoms with Crippen LogP contribution < -0.4 is 15.8 Å². The van der Waals surface area contributed by atoms with Crippen molar-refractivity contribution in [2.75, 3.05) is 52.2 Å². The van der Waals surface area contributed by atoms with Crippen molar-refractivity contribution in [1.82, 2.24) is 10.2 Å². The number of nitrogens with two attached hydrogens (primary N) is 1. The van der Waals surface area contributed by atoms with Crippen molar-refractivity contribution >= 4 is 17.7 Å². The lowest BCUT2D eigenvalue weighted by Gasteiger charge is -2.26. The number of carbonyl (C=O) groups excluding carboxylic acids is 1. The molecular weight excluding hydrogens is 294 g/mol. The van der Waals surface area contributed by atoms with E-state index in [2.05, 4.69) is 10.2 Å². The summed E-state index contributed by atoms with van der Waals surface area (Å²) >= 11 is 0. The molecule has 1 aliphatic rings. The standard InChI is InChI=1S/C17H25N3O3/c1-22-16-5-3-14(13-15(16)18)4-6-17(21)19-7-2-8-20-9-11-23-12-10-20/h3-6,13H,2,7-12,18H2,1H3,(H,19,21)/b6-4-. The maximum Gasteiger partial charge on any atom is 0.243 e. The van der Waals surface area contributed by atoms with E-state index in [1.54, 1.807) is 25.3 Å². The van der Waals surface area contributed by atoms with Gasteiger partial charge in [-0.2, -0.15) is 0 Å². The number of nitrogens with one attached hydrogen (secondary N) is 1. The molecule has 0 bridgehead atoms. The van der Waals surface area contributed by atoms with Crippen molar-refractivity contribution in [3.63, 3.8) is 0 Å². The predicted octanol–water partition coefficient (Wildman–Crippen LogP) is 1.13. The maximum atomic E-state index is 11.8. The van der Waals surface area contributed by atoms with Crippen molar-refractivity contribution in [3.8, 4) is 5.75 Å². The minimum absolute atomic E-state index is 0.0960. The third kappa shape index (κ3) is 5.92. The molecule has 2 rings (SSSR count).